The Balaban J connectivity index is 0.00000392. The molecule has 0 radical (unpaired) electrons. The van der Waals surface area contributed by atoms with E-state index in [-0.39, 0.29) is 33.0 Å². The zero-order valence-corrected chi connectivity index (χ0v) is 17.6. The van der Waals surface area contributed by atoms with Gasteiger partial charge in [-0.1, -0.05) is 29.3 Å². The third-order valence-corrected chi connectivity index (χ3v) is 5.28. The van der Waals surface area contributed by atoms with Gasteiger partial charge in [-0.15, -0.1) is 0 Å². The van der Waals surface area contributed by atoms with E-state index in [4.69, 9.17) is 42.1 Å². The van der Waals surface area contributed by atoms with Crippen LogP contribution in [0.2, 0.25) is 10.0 Å². The second kappa shape index (κ2) is 13.5. The standard InChI is InChI=1S/C19H21Cl2O5P.Li.H/c1-23-8-10-25-13-6-7-17(16(12-13)26-11-9-24-2)27-19(22)18-14(20)4-3-5-15(18)21;;/h3-7,12,27H,8-11H2,1-2H3;;. The first kappa shape index (κ1) is 25.3. The summed E-state index contributed by atoms with van der Waals surface area (Å²) >= 11 is 12.3. The number of hydrogen-bond acceptors (Lipinski definition) is 5. The van der Waals surface area contributed by atoms with E-state index in [1.54, 1.807) is 44.6 Å². The number of methoxy groups -OCH3 is 2. The Morgan fingerprint density at radius 2 is 1.54 bits per heavy atom. The minimum absolute atomic E-state index is 0. The Morgan fingerprint density at radius 1 is 0.929 bits per heavy atom. The Morgan fingerprint density at radius 3 is 2.14 bits per heavy atom. The van der Waals surface area contributed by atoms with Crippen molar-refractivity contribution < 1.29 is 23.7 Å². The molecule has 1 atom stereocenters. The van der Waals surface area contributed by atoms with E-state index in [0.29, 0.717) is 53.5 Å². The molecule has 2 aromatic rings. The van der Waals surface area contributed by atoms with Gasteiger partial charge in [-0.05, 0) is 32.8 Å². The number of rotatable bonds is 11. The van der Waals surface area contributed by atoms with E-state index in [0.717, 1.165) is 5.30 Å². The van der Waals surface area contributed by atoms with E-state index in [2.05, 4.69) is 0 Å². The molecular weight excluding hydrogens is 417 g/mol. The van der Waals surface area contributed by atoms with Crippen molar-refractivity contribution in [3.8, 4) is 11.5 Å². The zero-order chi connectivity index (χ0) is 19.6. The van der Waals surface area contributed by atoms with Crippen molar-refractivity contribution in [1.82, 2.24) is 0 Å². The monoisotopic (exact) mass is 438 g/mol. The van der Waals surface area contributed by atoms with E-state index in [9.17, 15) is 4.79 Å². The number of carbonyl (C=O) groups excluding carboxylic acids is 1. The fourth-order valence-corrected chi connectivity index (χ4v) is 3.99. The van der Waals surface area contributed by atoms with Gasteiger partial charge in [0, 0.05) is 25.6 Å². The van der Waals surface area contributed by atoms with Crippen LogP contribution >= 0.6 is 31.8 Å². The molecule has 0 saturated heterocycles. The van der Waals surface area contributed by atoms with Gasteiger partial charge >= 0.3 is 18.9 Å². The molecular formula is C19H22Cl2LiO5P. The summed E-state index contributed by atoms with van der Waals surface area (Å²) in [6.45, 7) is 1.69. The van der Waals surface area contributed by atoms with Gasteiger partial charge in [0.2, 0.25) is 0 Å². The van der Waals surface area contributed by atoms with Gasteiger partial charge in [-0.25, -0.2) is 0 Å². The zero-order valence-electron chi connectivity index (χ0n) is 15.1. The van der Waals surface area contributed by atoms with Crippen LogP contribution in [0.1, 0.15) is 10.4 Å². The van der Waals surface area contributed by atoms with E-state index in [1.807, 2.05) is 6.07 Å². The molecule has 5 nitrogen and oxygen atoms in total. The number of halogens is 2. The first-order valence-electron chi connectivity index (χ1n) is 8.19. The SMILES string of the molecule is COCCOc1ccc(PC(=O)c2c(Cl)cccc2Cl)c(OCCOC)c1.[LiH]. The maximum absolute atomic E-state index is 12.7. The number of ether oxygens (including phenoxy) is 4. The molecule has 2 rings (SSSR count). The molecule has 0 aliphatic carbocycles. The van der Waals surface area contributed by atoms with Crippen molar-refractivity contribution in [3.05, 3.63) is 52.0 Å². The average Bonchev–Trinajstić information content (AvgIpc) is 2.64. The van der Waals surface area contributed by atoms with Gasteiger partial charge in [0.15, 0.2) is 5.52 Å². The molecule has 0 aliphatic heterocycles. The molecule has 0 aliphatic rings. The van der Waals surface area contributed by atoms with Crippen LogP contribution < -0.4 is 14.8 Å². The Hall–Kier alpha value is -0.763. The normalized spacial score (nSPS) is 10.7. The van der Waals surface area contributed by atoms with Gasteiger partial charge in [0.1, 0.15) is 24.7 Å². The summed E-state index contributed by atoms with van der Waals surface area (Å²) in [6.07, 6.45) is 0. The third kappa shape index (κ3) is 7.58. The second-order valence-corrected chi connectivity index (χ2v) is 7.45. The molecule has 28 heavy (non-hydrogen) atoms. The van der Waals surface area contributed by atoms with Crippen molar-refractivity contribution in [3.63, 3.8) is 0 Å². The summed E-state index contributed by atoms with van der Waals surface area (Å²) in [6, 6.07) is 10.4. The fourth-order valence-electron chi connectivity index (χ4n) is 2.19. The first-order valence-corrected chi connectivity index (χ1v) is 9.95. The van der Waals surface area contributed by atoms with Crippen LogP contribution in [0, 0.1) is 0 Å². The Labute approximate surface area is 188 Å². The van der Waals surface area contributed by atoms with Crippen molar-refractivity contribution in [2.75, 3.05) is 40.6 Å². The van der Waals surface area contributed by atoms with Gasteiger partial charge in [0.25, 0.3) is 0 Å². The van der Waals surface area contributed by atoms with E-state index < -0.39 is 0 Å². The van der Waals surface area contributed by atoms with Crippen LogP contribution in [0.4, 0.5) is 0 Å². The van der Waals surface area contributed by atoms with Crippen LogP contribution in [0.5, 0.6) is 11.5 Å². The molecule has 9 heteroatoms. The van der Waals surface area contributed by atoms with Crippen molar-refractivity contribution in [2.45, 2.75) is 0 Å². The number of benzene rings is 2. The maximum atomic E-state index is 12.7. The Bertz CT molecular complexity index is 756. The molecule has 0 spiro atoms. The molecule has 2 aromatic carbocycles. The van der Waals surface area contributed by atoms with Crippen LogP contribution in [-0.2, 0) is 9.47 Å². The average molecular weight is 439 g/mol. The Kier molecular flexibility index (Phi) is 12.1. The van der Waals surface area contributed by atoms with Crippen molar-refractivity contribution in [1.29, 1.82) is 0 Å². The van der Waals surface area contributed by atoms with Crippen molar-refractivity contribution >= 4 is 61.5 Å². The summed E-state index contributed by atoms with van der Waals surface area (Å²) in [5, 5.41) is 1.41. The summed E-state index contributed by atoms with van der Waals surface area (Å²) in [5.41, 5.74) is 0.165. The summed E-state index contributed by atoms with van der Waals surface area (Å²) < 4.78 is 21.4. The molecule has 148 valence electrons. The van der Waals surface area contributed by atoms with Crippen LogP contribution in [0.15, 0.2) is 36.4 Å². The fraction of sp³-hybridized carbons (Fsp3) is 0.316. The molecule has 0 bridgehead atoms. The first-order chi connectivity index (χ1) is 13.1. The predicted molar refractivity (Wildman–Crippen MR) is 117 cm³/mol. The molecule has 0 saturated carbocycles. The number of hydrogen-bond donors (Lipinski definition) is 0. The molecule has 0 aromatic heterocycles. The number of carbonyl (C=O) groups is 1. The molecule has 0 fully saturated rings. The molecule has 0 heterocycles. The quantitative estimate of drug-likeness (QED) is 0.305. The second-order valence-electron chi connectivity index (χ2n) is 5.39. The van der Waals surface area contributed by atoms with Crippen LogP contribution in [0.25, 0.3) is 0 Å². The summed E-state index contributed by atoms with van der Waals surface area (Å²) in [5.74, 6) is 1.20. The molecule has 0 amide bonds. The van der Waals surface area contributed by atoms with Crippen LogP contribution in [-0.4, -0.2) is 65.0 Å². The van der Waals surface area contributed by atoms with Gasteiger partial charge < -0.3 is 18.9 Å². The van der Waals surface area contributed by atoms with Crippen LogP contribution in [0.3, 0.4) is 0 Å². The van der Waals surface area contributed by atoms with E-state index >= 15 is 0 Å². The molecule has 0 N–H and O–H groups in total. The van der Waals surface area contributed by atoms with E-state index in [1.165, 1.54) is 0 Å². The summed E-state index contributed by atoms with van der Waals surface area (Å²) in [7, 11) is 3.01. The molecule has 1 unspecified atom stereocenters. The summed E-state index contributed by atoms with van der Waals surface area (Å²) in [4.78, 5) is 12.7. The van der Waals surface area contributed by atoms with Gasteiger partial charge in [-0.3, -0.25) is 4.79 Å². The van der Waals surface area contributed by atoms with Gasteiger partial charge in [-0.2, -0.15) is 0 Å². The topological polar surface area (TPSA) is 54.0 Å². The third-order valence-electron chi connectivity index (χ3n) is 3.49. The van der Waals surface area contributed by atoms with Crippen molar-refractivity contribution in [2.24, 2.45) is 0 Å². The predicted octanol–water partition coefficient (Wildman–Crippen LogP) is 3.54. The minimum atomic E-state index is -0.196. The van der Waals surface area contributed by atoms with Gasteiger partial charge in [0.05, 0.1) is 28.8 Å².